The molecule has 0 bridgehead atoms. The molecule has 3 aromatic carbocycles. The fourth-order valence-electron chi connectivity index (χ4n) is 3.70. The zero-order valence-electron chi connectivity index (χ0n) is 19.1. The van der Waals surface area contributed by atoms with Gasteiger partial charge in [0, 0.05) is 10.0 Å². The highest BCUT2D eigenvalue weighted by Gasteiger charge is 2.40. The molecule has 33 heavy (non-hydrogen) atoms. The molecular weight excluding hydrogens is 507 g/mol. The number of hydrogen-bond donors (Lipinski definition) is 1. The fraction of sp³-hybridized carbons (Fsp3) is 0.280. The van der Waals surface area contributed by atoms with Crippen LogP contribution in [0.25, 0.3) is 11.1 Å². The van der Waals surface area contributed by atoms with E-state index in [1.165, 1.54) is 7.11 Å². The van der Waals surface area contributed by atoms with Gasteiger partial charge in [-0.25, -0.2) is 0 Å². The lowest BCUT2D eigenvalue weighted by Gasteiger charge is -2.28. The first-order chi connectivity index (χ1) is 15.9. The molecule has 0 aliphatic carbocycles. The lowest BCUT2D eigenvalue weighted by atomic mass is 9.97. The molecule has 8 heteroatoms. The number of phenols is 1. The van der Waals surface area contributed by atoms with E-state index in [0.717, 1.165) is 15.6 Å². The Morgan fingerprint density at radius 2 is 1.45 bits per heavy atom. The maximum absolute atomic E-state index is 14.1. The van der Waals surface area contributed by atoms with Crippen molar-refractivity contribution in [2.24, 2.45) is 0 Å². The molecular formula is C25H28BrO6P. The lowest BCUT2D eigenvalue weighted by molar-refractivity contribution is 0.214. The molecule has 0 amide bonds. The zero-order valence-corrected chi connectivity index (χ0v) is 21.6. The SMILES string of the molecule is CCOP(=O)(OCC)C(c1ccc(OC)c(OC)c1)c1cc(-c2ccc(Br)cc2)ccc1O. The molecule has 1 unspecified atom stereocenters. The third kappa shape index (κ3) is 5.61. The van der Waals surface area contributed by atoms with Gasteiger partial charge in [-0.05, 0) is 66.9 Å². The van der Waals surface area contributed by atoms with Crippen molar-refractivity contribution in [3.05, 3.63) is 76.3 Å². The molecule has 3 rings (SSSR count). The number of ether oxygens (including phenoxy) is 2. The van der Waals surface area contributed by atoms with Crippen LogP contribution in [0.2, 0.25) is 0 Å². The first-order valence-corrected chi connectivity index (χ1v) is 13.0. The average Bonchev–Trinajstić information content (AvgIpc) is 2.81. The average molecular weight is 535 g/mol. The minimum atomic E-state index is -3.74. The number of methoxy groups -OCH3 is 2. The summed E-state index contributed by atoms with van der Waals surface area (Å²) in [5, 5.41) is 10.9. The Morgan fingerprint density at radius 1 is 0.848 bits per heavy atom. The second-order valence-electron chi connectivity index (χ2n) is 7.17. The molecule has 0 radical (unpaired) electrons. The first-order valence-electron chi connectivity index (χ1n) is 10.6. The van der Waals surface area contributed by atoms with Gasteiger partial charge in [0.1, 0.15) is 11.4 Å². The lowest BCUT2D eigenvalue weighted by Crippen LogP contribution is -2.09. The van der Waals surface area contributed by atoms with Crippen molar-refractivity contribution in [3.63, 3.8) is 0 Å². The second kappa shape index (κ2) is 11.2. The summed E-state index contributed by atoms with van der Waals surface area (Å²) in [6, 6.07) is 18.3. The van der Waals surface area contributed by atoms with Crippen LogP contribution in [-0.4, -0.2) is 32.5 Å². The predicted molar refractivity (Wildman–Crippen MR) is 133 cm³/mol. The summed E-state index contributed by atoms with van der Waals surface area (Å²) < 4.78 is 37.3. The summed E-state index contributed by atoms with van der Waals surface area (Å²) in [5.41, 5.74) is 1.98. The highest BCUT2D eigenvalue weighted by molar-refractivity contribution is 9.10. The Balaban J connectivity index is 2.25. The fourth-order valence-corrected chi connectivity index (χ4v) is 6.13. The van der Waals surface area contributed by atoms with Crippen molar-refractivity contribution in [2.75, 3.05) is 27.4 Å². The highest BCUT2D eigenvalue weighted by Crippen LogP contribution is 2.65. The van der Waals surface area contributed by atoms with Crippen LogP contribution in [0.1, 0.15) is 30.6 Å². The number of phenolic OH excluding ortho intramolecular Hbond substituents is 1. The van der Waals surface area contributed by atoms with Crippen molar-refractivity contribution < 1.29 is 28.2 Å². The Bertz CT molecular complexity index is 1120. The van der Waals surface area contributed by atoms with E-state index in [0.29, 0.717) is 22.6 Å². The van der Waals surface area contributed by atoms with Gasteiger partial charge in [-0.1, -0.05) is 40.2 Å². The van der Waals surface area contributed by atoms with Gasteiger partial charge in [-0.3, -0.25) is 4.57 Å². The minimum Gasteiger partial charge on any atom is -0.508 e. The second-order valence-corrected chi connectivity index (χ2v) is 10.2. The van der Waals surface area contributed by atoms with E-state index in [-0.39, 0.29) is 19.0 Å². The molecule has 6 nitrogen and oxygen atoms in total. The van der Waals surface area contributed by atoms with Gasteiger partial charge in [0.25, 0.3) is 0 Å². The number of halogens is 1. The minimum absolute atomic E-state index is 0.00437. The largest absolute Gasteiger partial charge is 0.508 e. The van der Waals surface area contributed by atoms with E-state index in [2.05, 4.69) is 15.9 Å². The Morgan fingerprint density at radius 3 is 2.03 bits per heavy atom. The van der Waals surface area contributed by atoms with Crippen LogP contribution in [0.15, 0.2) is 65.1 Å². The van der Waals surface area contributed by atoms with Gasteiger partial charge >= 0.3 is 7.60 Å². The van der Waals surface area contributed by atoms with Crippen molar-refractivity contribution in [1.29, 1.82) is 0 Å². The van der Waals surface area contributed by atoms with Crippen molar-refractivity contribution in [2.45, 2.75) is 19.5 Å². The van der Waals surface area contributed by atoms with Gasteiger partial charge in [0.05, 0.1) is 27.4 Å². The Hall–Kier alpha value is -2.31. The molecule has 0 heterocycles. The van der Waals surface area contributed by atoms with E-state index in [4.69, 9.17) is 18.5 Å². The van der Waals surface area contributed by atoms with Gasteiger partial charge in [-0.2, -0.15) is 0 Å². The van der Waals surface area contributed by atoms with Crippen LogP contribution in [0.3, 0.4) is 0 Å². The highest BCUT2D eigenvalue weighted by atomic mass is 79.9. The van der Waals surface area contributed by atoms with Crippen LogP contribution >= 0.6 is 23.5 Å². The van der Waals surface area contributed by atoms with Crippen LogP contribution < -0.4 is 9.47 Å². The van der Waals surface area contributed by atoms with Crippen molar-refractivity contribution in [1.82, 2.24) is 0 Å². The van der Waals surface area contributed by atoms with E-state index >= 15 is 0 Å². The maximum Gasteiger partial charge on any atom is 0.342 e. The molecule has 0 saturated heterocycles. The van der Waals surface area contributed by atoms with Crippen molar-refractivity contribution >= 4 is 23.5 Å². The van der Waals surface area contributed by atoms with Gasteiger partial charge in [0.15, 0.2) is 11.5 Å². The molecule has 0 aliphatic heterocycles. The van der Waals surface area contributed by atoms with Crippen LogP contribution in [0.5, 0.6) is 17.2 Å². The molecule has 1 atom stereocenters. The first kappa shape index (κ1) is 25.3. The van der Waals surface area contributed by atoms with Crippen LogP contribution in [-0.2, 0) is 13.6 Å². The molecule has 176 valence electrons. The number of aromatic hydroxyl groups is 1. The molecule has 0 spiro atoms. The van der Waals surface area contributed by atoms with Crippen LogP contribution in [0.4, 0.5) is 0 Å². The Labute approximate surface area is 203 Å². The summed E-state index contributed by atoms with van der Waals surface area (Å²) in [5.74, 6) is 1.01. The maximum atomic E-state index is 14.1. The third-order valence-corrected chi connectivity index (χ3v) is 8.13. The molecule has 0 saturated carbocycles. The monoisotopic (exact) mass is 534 g/mol. The molecule has 0 aromatic heterocycles. The standard InChI is InChI=1S/C25H28BrO6P/c1-5-31-33(28,32-6-2)25(19-10-14-23(29-3)24(16-19)30-4)21-15-18(9-13-22(21)27)17-7-11-20(26)12-8-17/h7-16,25,27H,5-6H2,1-4H3. The smallest absolute Gasteiger partial charge is 0.342 e. The van der Waals surface area contributed by atoms with Gasteiger partial charge in [-0.15, -0.1) is 0 Å². The van der Waals surface area contributed by atoms with E-state index in [9.17, 15) is 9.67 Å². The quantitative estimate of drug-likeness (QED) is 0.277. The summed E-state index contributed by atoms with van der Waals surface area (Å²) >= 11 is 3.45. The van der Waals surface area contributed by atoms with E-state index < -0.39 is 13.3 Å². The van der Waals surface area contributed by atoms with Crippen molar-refractivity contribution in [3.8, 4) is 28.4 Å². The molecule has 1 N–H and O–H groups in total. The molecule has 0 fully saturated rings. The number of benzene rings is 3. The normalized spacial score (nSPS) is 12.4. The molecule has 3 aromatic rings. The summed E-state index contributed by atoms with van der Waals surface area (Å²) in [7, 11) is -0.653. The van der Waals surface area contributed by atoms with Crippen LogP contribution in [0, 0.1) is 0 Å². The topological polar surface area (TPSA) is 74.2 Å². The number of rotatable bonds is 10. The van der Waals surface area contributed by atoms with E-state index in [1.807, 2.05) is 36.4 Å². The molecule has 0 aliphatic rings. The number of hydrogen-bond acceptors (Lipinski definition) is 6. The van der Waals surface area contributed by atoms with E-state index in [1.54, 1.807) is 45.2 Å². The summed E-state index contributed by atoms with van der Waals surface area (Å²) in [6.45, 7) is 3.90. The van der Waals surface area contributed by atoms with Gasteiger partial charge < -0.3 is 23.6 Å². The Kier molecular flexibility index (Phi) is 8.60. The summed E-state index contributed by atoms with van der Waals surface area (Å²) in [6.07, 6.45) is 0. The third-order valence-electron chi connectivity index (χ3n) is 5.16. The predicted octanol–water partition coefficient (Wildman–Crippen LogP) is 7.19. The summed E-state index contributed by atoms with van der Waals surface area (Å²) in [4.78, 5) is 0. The van der Waals surface area contributed by atoms with Gasteiger partial charge in [0.2, 0.25) is 0 Å². The zero-order chi connectivity index (χ0) is 24.0.